The Kier molecular flexibility index (Phi) is 5.09. The van der Waals surface area contributed by atoms with Gasteiger partial charge in [0.25, 0.3) is 0 Å². The Balaban J connectivity index is 2.07. The van der Waals surface area contributed by atoms with Crippen LogP contribution in [-0.4, -0.2) is 12.7 Å². The fourth-order valence-corrected chi connectivity index (χ4v) is 1.49. The molecule has 0 aromatic rings. The third-order valence-corrected chi connectivity index (χ3v) is 2.29. The van der Waals surface area contributed by atoms with Crippen LogP contribution in [0.1, 0.15) is 45.4 Å². The van der Waals surface area contributed by atoms with Crippen LogP contribution in [0, 0.1) is 0 Å². The molecule has 1 aliphatic rings. The van der Waals surface area contributed by atoms with E-state index in [4.69, 9.17) is 4.74 Å². The molecule has 12 heavy (non-hydrogen) atoms. The van der Waals surface area contributed by atoms with Gasteiger partial charge in [-0.1, -0.05) is 31.9 Å². The minimum absolute atomic E-state index is 0.426. The Hall–Kier alpha value is -0.300. The summed E-state index contributed by atoms with van der Waals surface area (Å²) in [6, 6.07) is 0. The lowest BCUT2D eigenvalue weighted by molar-refractivity contribution is 0.0464. The van der Waals surface area contributed by atoms with Crippen molar-refractivity contribution in [2.24, 2.45) is 0 Å². The van der Waals surface area contributed by atoms with Gasteiger partial charge in [-0.25, -0.2) is 0 Å². The van der Waals surface area contributed by atoms with Gasteiger partial charge >= 0.3 is 0 Å². The Morgan fingerprint density at radius 2 is 2.33 bits per heavy atom. The van der Waals surface area contributed by atoms with Gasteiger partial charge in [-0.05, 0) is 25.7 Å². The first-order valence-electron chi connectivity index (χ1n) is 5.21. The molecular formula is C11H20O. The summed E-state index contributed by atoms with van der Waals surface area (Å²) < 4.78 is 5.57. The summed E-state index contributed by atoms with van der Waals surface area (Å²) in [6.07, 6.45) is 12.6. The minimum Gasteiger partial charge on any atom is -0.374 e. The van der Waals surface area contributed by atoms with Crippen molar-refractivity contribution in [2.75, 3.05) is 6.61 Å². The van der Waals surface area contributed by atoms with Crippen LogP contribution in [0.25, 0.3) is 0 Å². The molecule has 1 saturated heterocycles. The van der Waals surface area contributed by atoms with Crippen LogP contribution in [-0.2, 0) is 4.74 Å². The largest absolute Gasteiger partial charge is 0.374 e. The molecule has 0 saturated carbocycles. The molecule has 1 fully saturated rings. The second-order valence-electron chi connectivity index (χ2n) is 3.48. The van der Waals surface area contributed by atoms with Crippen molar-refractivity contribution in [1.29, 1.82) is 0 Å². The lowest BCUT2D eigenvalue weighted by Gasteiger charge is -2.19. The fraction of sp³-hybridized carbons (Fsp3) is 0.818. The molecule has 0 amide bonds. The van der Waals surface area contributed by atoms with Gasteiger partial charge in [-0.15, -0.1) is 0 Å². The molecule has 0 spiro atoms. The van der Waals surface area contributed by atoms with Crippen molar-refractivity contribution in [3.05, 3.63) is 12.2 Å². The van der Waals surface area contributed by atoms with E-state index >= 15 is 0 Å². The van der Waals surface area contributed by atoms with E-state index in [0.29, 0.717) is 6.10 Å². The molecule has 0 bridgehead atoms. The van der Waals surface area contributed by atoms with Gasteiger partial charge in [0.1, 0.15) is 0 Å². The highest BCUT2D eigenvalue weighted by Crippen LogP contribution is 2.13. The van der Waals surface area contributed by atoms with Crippen LogP contribution in [0.5, 0.6) is 0 Å². The Bertz CT molecular complexity index is 123. The zero-order chi connectivity index (χ0) is 8.65. The van der Waals surface area contributed by atoms with Crippen molar-refractivity contribution < 1.29 is 4.74 Å². The van der Waals surface area contributed by atoms with Crippen LogP contribution < -0.4 is 0 Å². The molecule has 1 heteroatoms. The van der Waals surface area contributed by atoms with Gasteiger partial charge in [0.05, 0.1) is 6.10 Å². The van der Waals surface area contributed by atoms with Gasteiger partial charge < -0.3 is 4.74 Å². The summed E-state index contributed by atoms with van der Waals surface area (Å²) in [6.45, 7) is 3.19. The summed E-state index contributed by atoms with van der Waals surface area (Å²) in [7, 11) is 0. The van der Waals surface area contributed by atoms with E-state index in [1.54, 1.807) is 0 Å². The first-order chi connectivity index (χ1) is 5.93. The predicted octanol–water partition coefficient (Wildman–Crippen LogP) is 3.30. The number of hydrogen-bond donors (Lipinski definition) is 0. The minimum atomic E-state index is 0.426. The summed E-state index contributed by atoms with van der Waals surface area (Å²) >= 11 is 0. The SMILES string of the molecule is CCCC/C=C/C1CCCCO1. The highest BCUT2D eigenvalue weighted by atomic mass is 16.5. The van der Waals surface area contributed by atoms with Crippen LogP contribution >= 0.6 is 0 Å². The fourth-order valence-electron chi connectivity index (χ4n) is 1.49. The standard InChI is InChI=1S/C11H20O/c1-2-3-4-5-8-11-9-6-7-10-12-11/h5,8,11H,2-4,6-7,9-10H2,1H3/b8-5+. The third kappa shape index (κ3) is 3.91. The van der Waals surface area contributed by atoms with Crippen LogP contribution in [0.4, 0.5) is 0 Å². The number of allylic oxidation sites excluding steroid dienone is 1. The van der Waals surface area contributed by atoms with E-state index < -0.39 is 0 Å². The zero-order valence-corrected chi connectivity index (χ0v) is 8.09. The first kappa shape index (κ1) is 9.79. The van der Waals surface area contributed by atoms with E-state index in [9.17, 15) is 0 Å². The molecule has 1 aliphatic heterocycles. The molecule has 1 atom stereocenters. The molecule has 1 rings (SSSR count). The van der Waals surface area contributed by atoms with E-state index in [1.807, 2.05) is 0 Å². The van der Waals surface area contributed by atoms with Gasteiger partial charge in [-0.3, -0.25) is 0 Å². The molecule has 0 aromatic carbocycles. The molecule has 1 heterocycles. The zero-order valence-electron chi connectivity index (χ0n) is 8.09. The smallest absolute Gasteiger partial charge is 0.0755 e. The maximum atomic E-state index is 5.57. The number of hydrogen-bond acceptors (Lipinski definition) is 1. The average molecular weight is 168 g/mol. The third-order valence-electron chi connectivity index (χ3n) is 2.29. The van der Waals surface area contributed by atoms with E-state index in [-0.39, 0.29) is 0 Å². The van der Waals surface area contributed by atoms with Crippen molar-refractivity contribution in [1.82, 2.24) is 0 Å². The molecular weight excluding hydrogens is 148 g/mol. The lowest BCUT2D eigenvalue weighted by Crippen LogP contribution is -2.16. The Morgan fingerprint density at radius 3 is 3.00 bits per heavy atom. The van der Waals surface area contributed by atoms with Crippen molar-refractivity contribution in [3.8, 4) is 0 Å². The molecule has 0 radical (unpaired) electrons. The van der Waals surface area contributed by atoms with Gasteiger partial charge in [0.15, 0.2) is 0 Å². The van der Waals surface area contributed by atoms with Gasteiger partial charge in [0.2, 0.25) is 0 Å². The summed E-state index contributed by atoms with van der Waals surface area (Å²) in [5, 5.41) is 0. The normalized spacial score (nSPS) is 24.9. The van der Waals surface area contributed by atoms with Crippen molar-refractivity contribution in [2.45, 2.75) is 51.6 Å². The first-order valence-corrected chi connectivity index (χ1v) is 5.21. The highest BCUT2D eigenvalue weighted by Gasteiger charge is 2.08. The molecule has 0 aliphatic carbocycles. The summed E-state index contributed by atoms with van der Waals surface area (Å²) in [5.41, 5.74) is 0. The van der Waals surface area contributed by atoms with E-state index in [0.717, 1.165) is 6.61 Å². The molecule has 1 unspecified atom stereocenters. The number of ether oxygens (including phenoxy) is 1. The van der Waals surface area contributed by atoms with Gasteiger partial charge in [0, 0.05) is 6.61 Å². The van der Waals surface area contributed by atoms with E-state index in [2.05, 4.69) is 19.1 Å². The van der Waals surface area contributed by atoms with E-state index in [1.165, 1.54) is 38.5 Å². The molecule has 0 N–H and O–H groups in total. The van der Waals surface area contributed by atoms with Crippen molar-refractivity contribution >= 4 is 0 Å². The monoisotopic (exact) mass is 168 g/mol. The summed E-state index contributed by atoms with van der Waals surface area (Å²) in [5.74, 6) is 0. The topological polar surface area (TPSA) is 9.23 Å². The number of rotatable bonds is 4. The average Bonchev–Trinajstić information content (AvgIpc) is 2.14. The second kappa shape index (κ2) is 6.24. The molecule has 1 nitrogen and oxygen atoms in total. The second-order valence-corrected chi connectivity index (χ2v) is 3.48. The highest BCUT2D eigenvalue weighted by molar-refractivity contribution is 4.90. The Morgan fingerprint density at radius 1 is 1.42 bits per heavy atom. The van der Waals surface area contributed by atoms with Crippen LogP contribution in [0.15, 0.2) is 12.2 Å². The summed E-state index contributed by atoms with van der Waals surface area (Å²) in [4.78, 5) is 0. The quantitative estimate of drug-likeness (QED) is 0.462. The Labute approximate surface area is 75.8 Å². The lowest BCUT2D eigenvalue weighted by atomic mass is 10.1. The predicted molar refractivity (Wildman–Crippen MR) is 52.3 cm³/mol. The van der Waals surface area contributed by atoms with Gasteiger partial charge in [-0.2, -0.15) is 0 Å². The van der Waals surface area contributed by atoms with Crippen LogP contribution in [0.2, 0.25) is 0 Å². The number of unbranched alkanes of at least 4 members (excludes halogenated alkanes) is 2. The molecule has 0 aromatic heterocycles. The van der Waals surface area contributed by atoms with Crippen molar-refractivity contribution in [3.63, 3.8) is 0 Å². The molecule has 70 valence electrons. The maximum Gasteiger partial charge on any atom is 0.0755 e. The maximum absolute atomic E-state index is 5.57. The van der Waals surface area contributed by atoms with Crippen LogP contribution in [0.3, 0.4) is 0 Å².